The number of halogens is 1. The summed E-state index contributed by atoms with van der Waals surface area (Å²) < 4.78 is 16.9. The summed E-state index contributed by atoms with van der Waals surface area (Å²) in [6.45, 7) is 4.90. The molecule has 1 amide bonds. The minimum Gasteiger partial charge on any atom is -0.486 e. The molecule has 138 valence electrons. The smallest absolute Gasteiger partial charge is 0.261 e. The SMILES string of the molecule is CC[C@@H](Oc1ccccc1Cl)C(=O)N[C@H](C)c1ccc2c(c1)OCCO2. The third-order valence-electron chi connectivity index (χ3n) is 4.19. The number of nitrogens with one attached hydrogen (secondary N) is 1. The summed E-state index contributed by atoms with van der Waals surface area (Å²) in [5.74, 6) is 1.75. The van der Waals surface area contributed by atoms with Crippen LogP contribution in [0.3, 0.4) is 0 Å². The van der Waals surface area contributed by atoms with Gasteiger partial charge in [0.15, 0.2) is 17.6 Å². The maximum atomic E-state index is 12.6. The number of benzene rings is 2. The molecular weight excluding hydrogens is 354 g/mol. The summed E-state index contributed by atoms with van der Waals surface area (Å²) >= 11 is 6.12. The molecule has 1 heterocycles. The van der Waals surface area contributed by atoms with Gasteiger partial charge < -0.3 is 19.5 Å². The maximum absolute atomic E-state index is 12.6. The van der Waals surface area contributed by atoms with E-state index in [1.165, 1.54) is 0 Å². The summed E-state index contributed by atoms with van der Waals surface area (Å²) in [5, 5.41) is 3.48. The van der Waals surface area contributed by atoms with Crippen molar-refractivity contribution in [3.63, 3.8) is 0 Å². The van der Waals surface area contributed by atoms with Crippen LogP contribution in [0.15, 0.2) is 42.5 Å². The van der Waals surface area contributed by atoms with Crippen molar-refractivity contribution in [3.8, 4) is 17.2 Å². The fourth-order valence-corrected chi connectivity index (χ4v) is 2.92. The predicted octanol–water partition coefficient (Wildman–Crippen LogP) is 4.15. The quantitative estimate of drug-likeness (QED) is 0.824. The van der Waals surface area contributed by atoms with Crippen LogP contribution in [0.4, 0.5) is 0 Å². The average Bonchev–Trinajstić information content (AvgIpc) is 2.66. The number of fused-ring (bicyclic) bond motifs is 1. The largest absolute Gasteiger partial charge is 0.486 e. The van der Waals surface area contributed by atoms with Gasteiger partial charge >= 0.3 is 0 Å². The third kappa shape index (κ3) is 4.22. The highest BCUT2D eigenvalue weighted by atomic mass is 35.5. The number of hydrogen-bond donors (Lipinski definition) is 1. The summed E-state index contributed by atoms with van der Waals surface area (Å²) in [6, 6.07) is 12.6. The highest BCUT2D eigenvalue weighted by molar-refractivity contribution is 6.32. The van der Waals surface area contributed by atoms with Gasteiger partial charge in [0, 0.05) is 0 Å². The molecule has 0 radical (unpaired) electrons. The van der Waals surface area contributed by atoms with Gasteiger partial charge in [-0.25, -0.2) is 0 Å². The number of rotatable bonds is 6. The molecule has 0 bridgehead atoms. The van der Waals surface area contributed by atoms with Crippen LogP contribution in [-0.2, 0) is 4.79 Å². The van der Waals surface area contributed by atoms with Crippen LogP contribution in [-0.4, -0.2) is 25.2 Å². The van der Waals surface area contributed by atoms with E-state index in [1.807, 2.05) is 44.2 Å². The van der Waals surface area contributed by atoms with E-state index in [-0.39, 0.29) is 11.9 Å². The zero-order valence-electron chi connectivity index (χ0n) is 14.8. The Balaban J connectivity index is 1.66. The summed E-state index contributed by atoms with van der Waals surface area (Å²) in [5.41, 5.74) is 0.940. The van der Waals surface area contributed by atoms with Gasteiger partial charge in [0.1, 0.15) is 19.0 Å². The zero-order valence-corrected chi connectivity index (χ0v) is 15.6. The molecule has 0 aromatic heterocycles. The first-order chi connectivity index (χ1) is 12.6. The predicted molar refractivity (Wildman–Crippen MR) is 100 cm³/mol. The maximum Gasteiger partial charge on any atom is 0.261 e. The van der Waals surface area contributed by atoms with Crippen molar-refractivity contribution in [1.82, 2.24) is 5.32 Å². The Hall–Kier alpha value is -2.40. The van der Waals surface area contributed by atoms with Crippen molar-refractivity contribution in [3.05, 3.63) is 53.1 Å². The number of amides is 1. The standard InChI is InChI=1S/C20H22ClNO4/c1-3-16(26-17-7-5-4-6-15(17)21)20(23)22-13(2)14-8-9-18-19(12-14)25-11-10-24-18/h4-9,12-13,16H,3,10-11H2,1-2H3,(H,22,23)/t13-,16-/m1/s1. The molecule has 3 rings (SSSR count). The number of para-hydroxylation sites is 1. The van der Waals surface area contributed by atoms with Gasteiger partial charge in [0.2, 0.25) is 0 Å². The Bertz CT molecular complexity index is 780. The molecule has 0 spiro atoms. The lowest BCUT2D eigenvalue weighted by molar-refractivity contribution is -0.128. The molecule has 2 aromatic rings. The number of carbonyl (C=O) groups excluding carboxylic acids is 1. The Kier molecular flexibility index (Phi) is 5.89. The van der Waals surface area contributed by atoms with Crippen molar-refractivity contribution < 1.29 is 19.0 Å². The normalized spacial score (nSPS) is 15.0. The van der Waals surface area contributed by atoms with Crippen molar-refractivity contribution >= 4 is 17.5 Å². The van der Waals surface area contributed by atoms with Gasteiger partial charge in [-0.3, -0.25) is 4.79 Å². The van der Waals surface area contributed by atoms with Gasteiger partial charge in [-0.1, -0.05) is 36.7 Å². The molecule has 0 saturated carbocycles. The van der Waals surface area contributed by atoms with Crippen LogP contribution in [0.5, 0.6) is 17.2 Å². The van der Waals surface area contributed by atoms with Crippen LogP contribution in [0, 0.1) is 0 Å². The molecule has 1 aliphatic heterocycles. The Morgan fingerprint density at radius 3 is 2.65 bits per heavy atom. The molecule has 6 heteroatoms. The first-order valence-electron chi connectivity index (χ1n) is 8.69. The van der Waals surface area contributed by atoms with Crippen LogP contribution in [0.2, 0.25) is 5.02 Å². The van der Waals surface area contributed by atoms with E-state index < -0.39 is 6.10 Å². The zero-order chi connectivity index (χ0) is 18.5. The Morgan fingerprint density at radius 2 is 1.92 bits per heavy atom. The molecule has 2 atom stereocenters. The van der Waals surface area contributed by atoms with E-state index in [0.717, 1.165) is 11.3 Å². The summed E-state index contributed by atoms with van der Waals surface area (Å²) in [6.07, 6.45) is -0.0835. The lowest BCUT2D eigenvalue weighted by Crippen LogP contribution is -2.39. The van der Waals surface area contributed by atoms with Crippen LogP contribution < -0.4 is 19.5 Å². The second-order valence-electron chi connectivity index (χ2n) is 6.08. The van der Waals surface area contributed by atoms with E-state index in [4.69, 9.17) is 25.8 Å². The first kappa shape index (κ1) is 18.4. The first-order valence-corrected chi connectivity index (χ1v) is 9.07. The fourth-order valence-electron chi connectivity index (χ4n) is 2.73. The summed E-state index contributed by atoms with van der Waals surface area (Å²) in [4.78, 5) is 12.6. The molecule has 0 unspecified atom stereocenters. The third-order valence-corrected chi connectivity index (χ3v) is 4.51. The highest BCUT2D eigenvalue weighted by Gasteiger charge is 2.22. The van der Waals surface area contributed by atoms with Crippen LogP contribution in [0.1, 0.15) is 31.9 Å². The van der Waals surface area contributed by atoms with Gasteiger partial charge in [0.25, 0.3) is 5.91 Å². The second-order valence-corrected chi connectivity index (χ2v) is 6.49. The van der Waals surface area contributed by atoms with Gasteiger partial charge in [0.05, 0.1) is 11.1 Å². The van der Waals surface area contributed by atoms with E-state index >= 15 is 0 Å². The molecule has 0 saturated heterocycles. The van der Waals surface area contributed by atoms with E-state index in [2.05, 4.69) is 5.32 Å². The molecule has 5 nitrogen and oxygen atoms in total. The number of carbonyl (C=O) groups is 1. The van der Waals surface area contributed by atoms with E-state index in [1.54, 1.807) is 12.1 Å². The molecule has 1 N–H and O–H groups in total. The Morgan fingerprint density at radius 1 is 1.19 bits per heavy atom. The summed E-state index contributed by atoms with van der Waals surface area (Å²) in [7, 11) is 0. The van der Waals surface area contributed by atoms with E-state index in [9.17, 15) is 4.79 Å². The lowest BCUT2D eigenvalue weighted by Gasteiger charge is -2.23. The van der Waals surface area contributed by atoms with E-state index in [0.29, 0.717) is 36.2 Å². The van der Waals surface area contributed by atoms with Crippen molar-refractivity contribution in [2.24, 2.45) is 0 Å². The second kappa shape index (κ2) is 8.32. The van der Waals surface area contributed by atoms with Crippen molar-refractivity contribution in [2.45, 2.75) is 32.4 Å². The van der Waals surface area contributed by atoms with Gasteiger partial charge in [-0.15, -0.1) is 0 Å². The number of hydrogen-bond acceptors (Lipinski definition) is 4. The molecule has 26 heavy (non-hydrogen) atoms. The number of ether oxygens (including phenoxy) is 3. The molecule has 1 aliphatic rings. The van der Waals surface area contributed by atoms with Crippen LogP contribution in [0.25, 0.3) is 0 Å². The molecule has 0 fully saturated rings. The van der Waals surface area contributed by atoms with Gasteiger partial charge in [-0.2, -0.15) is 0 Å². The highest BCUT2D eigenvalue weighted by Crippen LogP contribution is 2.32. The van der Waals surface area contributed by atoms with Gasteiger partial charge in [-0.05, 0) is 43.2 Å². The minimum absolute atomic E-state index is 0.185. The molecule has 0 aliphatic carbocycles. The molecular formula is C20H22ClNO4. The van der Waals surface area contributed by atoms with Crippen molar-refractivity contribution in [2.75, 3.05) is 13.2 Å². The minimum atomic E-state index is -0.616. The average molecular weight is 376 g/mol. The lowest BCUT2D eigenvalue weighted by atomic mass is 10.1. The molecule has 2 aromatic carbocycles. The van der Waals surface area contributed by atoms with Crippen molar-refractivity contribution in [1.29, 1.82) is 0 Å². The monoisotopic (exact) mass is 375 g/mol. The van der Waals surface area contributed by atoms with Crippen LogP contribution >= 0.6 is 11.6 Å². The Labute approximate surface area is 158 Å². The fraction of sp³-hybridized carbons (Fsp3) is 0.350. The topological polar surface area (TPSA) is 56.8 Å².